The molecule has 0 radical (unpaired) electrons. The van der Waals surface area contributed by atoms with E-state index in [0.717, 1.165) is 0 Å². The van der Waals surface area contributed by atoms with Gasteiger partial charge in [-0.15, -0.1) is 0 Å². The van der Waals surface area contributed by atoms with E-state index in [1.165, 1.54) is 24.4 Å². The molecule has 1 rings (SSSR count). The molecule has 0 bridgehead atoms. The van der Waals surface area contributed by atoms with Gasteiger partial charge in [-0.25, -0.2) is 0 Å². The number of halogens is 6. The van der Waals surface area contributed by atoms with Crippen molar-refractivity contribution in [1.82, 2.24) is 4.98 Å². The number of nitrogens with zero attached hydrogens (tertiary/aromatic N) is 1. The van der Waals surface area contributed by atoms with Crippen LogP contribution in [0.1, 0.15) is 11.8 Å². The minimum absolute atomic E-state index is 0.0940. The Bertz CT molecular complexity index is 377. The predicted molar refractivity (Wildman–Crippen MR) is 53.0 cm³/mol. The summed E-state index contributed by atoms with van der Waals surface area (Å²) in [6.45, 7) is -0.556. The number of hydrogen-bond acceptors (Lipinski definition) is 3. The van der Waals surface area contributed by atoms with E-state index in [2.05, 4.69) is 9.72 Å². The molecule has 2 N–H and O–H groups in total. The van der Waals surface area contributed by atoms with Crippen LogP contribution >= 0.6 is 0 Å². The summed E-state index contributed by atoms with van der Waals surface area (Å²) in [4.78, 5) is 3.63. The monoisotopic (exact) mass is 288 g/mol. The first-order chi connectivity index (χ1) is 8.66. The zero-order valence-electron chi connectivity index (χ0n) is 9.37. The molecule has 0 fully saturated rings. The molecule has 0 aliphatic heterocycles. The number of alkyl halides is 6. The molecule has 1 atom stereocenters. The Balaban J connectivity index is 2.95. The largest absolute Gasteiger partial charge is 0.423 e. The van der Waals surface area contributed by atoms with Gasteiger partial charge >= 0.3 is 12.4 Å². The molecule has 0 amide bonds. The van der Waals surface area contributed by atoms with Crippen molar-refractivity contribution in [2.24, 2.45) is 5.73 Å². The van der Waals surface area contributed by atoms with Crippen LogP contribution in [-0.2, 0) is 4.74 Å². The van der Waals surface area contributed by atoms with E-state index < -0.39 is 31.1 Å². The second-order valence-electron chi connectivity index (χ2n) is 3.58. The highest BCUT2D eigenvalue weighted by Gasteiger charge is 2.58. The summed E-state index contributed by atoms with van der Waals surface area (Å²) in [5.41, 5.74) is 5.05. The zero-order valence-corrected chi connectivity index (χ0v) is 9.37. The van der Waals surface area contributed by atoms with Crippen LogP contribution < -0.4 is 5.73 Å². The number of nitrogens with two attached hydrogens (primary N) is 1. The molecule has 1 unspecified atom stereocenters. The second kappa shape index (κ2) is 5.74. The Morgan fingerprint density at radius 1 is 1.11 bits per heavy atom. The van der Waals surface area contributed by atoms with Gasteiger partial charge in [-0.1, -0.05) is 6.07 Å². The summed E-state index contributed by atoms with van der Waals surface area (Å²) in [7, 11) is 0. The summed E-state index contributed by atoms with van der Waals surface area (Å²) in [6.07, 6.45) is -15.4. The summed E-state index contributed by atoms with van der Waals surface area (Å²) in [6, 6.07) is 4.11. The molecule has 0 aromatic carbocycles. The van der Waals surface area contributed by atoms with Crippen LogP contribution in [0.4, 0.5) is 26.3 Å². The third kappa shape index (κ3) is 4.35. The summed E-state index contributed by atoms with van der Waals surface area (Å²) >= 11 is 0. The minimum Gasteiger partial charge on any atom is -0.350 e. The maximum absolute atomic E-state index is 12.3. The standard InChI is InChI=1S/C10H10F6N2O/c11-9(12,13)8(10(14,15)16)19-7(5-17)6-3-1-2-4-18-6/h1-4,7-8H,5,17H2. The lowest BCUT2D eigenvalue weighted by Crippen LogP contribution is -2.45. The van der Waals surface area contributed by atoms with Gasteiger partial charge in [-0.05, 0) is 12.1 Å². The third-order valence-corrected chi connectivity index (χ3v) is 2.13. The maximum Gasteiger partial charge on any atom is 0.423 e. The molecule has 108 valence electrons. The smallest absolute Gasteiger partial charge is 0.350 e. The van der Waals surface area contributed by atoms with Crippen molar-refractivity contribution < 1.29 is 31.1 Å². The Labute approximate surface area is 104 Å². The minimum atomic E-state index is -5.57. The molecule has 0 spiro atoms. The van der Waals surface area contributed by atoms with Crippen LogP contribution in [-0.4, -0.2) is 30.0 Å². The normalized spacial score (nSPS) is 14.7. The molecular weight excluding hydrogens is 278 g/mol. The van der Waals surface area contributed by atoms with Gasteiger partial charge in [0.1, 0.15) is 6.10 Å². The van der Waals surface area contributed by atoms with Crippen molar-refractivity contribution in [3.63, 3.8) is 0 Å². The van der Waals surface area contributed by atoms with E-state index in [4.69, 9.17) is 5.73 Å². The van der Waals surface area contributed by atoms with Gasteiger partial charge in [-0.2, -0.15) is 26.3 Å². The van der Waals surface area contributed by atoms with Crippen LogP contribution in [0.25, 0.3) is 0 Å². The summed E-state index contributed by atoms with van der Waals surface area (Å²) in [5.74, 6) is 0. The SMILES string of the molecule is NCC(OC(C(F)(F)F)C(F)(F)F)c1ccccn1. The van der Waals surface area contributed by atoms with Gasteiger partial charge in [0, 0.05) is 12.7 Å². The van der Waals surface area contributed by atoms with Gasteiger partial charge < -0.3 is 10.5 Å². The van der Waals surface area contributed by atoms with Gasteiger partial charge in [-0.3, -0.25) is 4.98 Å². The molecule has 0 saturated heterocycles. The van der Waals surface area contributed by atoms with Gasteiger partial charge in [0.25, 0.3) is 0 Å². The van der Waals surface area contributed by atoms with E-state index in [0.29, 0.717) is 0 Å². The fourth-order valence-electron chi connectivity index (χ4n) is 1.32. The number of pyridine rings is 1. The maximum atomic E-state index is 12.3. The lowest BCUT2D eigenvalue weighted by atomic mass is 10.2. The van der Waals surface area contributed by atoms with Crippen molar-refractivity contribution >= 4 is 0 Å². The van der Waals surface area contributed by atoms with Crippen LogP contribution in [0.3, 0.4) is 0 Å². The molecule has 1 aromatic heterocycles. The molecule has 0 aliphatic carbocycles. The van der Waals surface area contributed by atoms with Gasteiger partial charge in [0.15, 0.2) is 0 Å². The lowest BCUT2D eigenvalue weighted by Gasteiger charge is -2.27. The Morgan fingerprint density at radius 2 is 1.68 bits per heavy atom. The van der Waals surface area contributed by atoms with Crippen LogP contribution in [0.2, 0.25) is 0 Å². The zero-order chi connectivity index (χ0) is 14.7. The lowest BCUT2D eigenvalue weighted by molar-refractivity contribution is -0.331. The van der Waals surface area contributed by atoms with Crippen molar-refractivity contribution in [3.05, 3.63) is 30.1 Å². The van der Waals surface area contributed by atoms with E-state index in [1.807, 2.05) is 0 Å². The molecule has 3 nitrogen and oxygen atoms in total. The average Bonchev–Trinajstić information content (AvgIpc) is 2.28. The molecule has 9 heteroatoms. The van der Waals surface area contributed by atoms with E-state index in [9.17, 15) is 26.3 Å². The second-order valence-corrected chi connectivity index (χ2v) is 3.58. The van der Waals surface area contributed by atoms with E-state index >= 15 is 0 Å². The topological polar surface area (TPSA) is 48.1 Å². The number of hydrogen-bond donors (Lipinski definition) is 1. The van der Waals surface area contributed by atoms with Crippen LogP contribution in [0.15, 0.2) is 24.4 Å². The van der Waals surface area contributed by atoms with E-state index in [1.54, 1.807) is 0 Å². The van der Waals surface area contributed by atoms with Crippen molar-refractivity contribution in [2.45, 2.75) is 24.6 Å². The predicted octanol–water partition coefficient (Wildman–Crippen LogP) is 2.59. The highest BCUT2D eigenvalue weighted by atomic mass is 19.4. The van der Waals surface area contributed by atoms with Gasteiger partial charge in [0.05, 0.1) is 5.69 Å². The summed E-state index contributed by atoms with van der Waals surface area (Å²) in [5, 5.41) is 0. The first kappa shape index (κ1) is 15.7. The molecular formula is C10H10F6N2O. The first-order valence-electron chi connectivity index (χ1n) is 5.06. The quantitative estimate of drug-likeness (QED) is 0.866. The number of aromatic nitrogens is 1. The third-order valence-electron chi connectivity index (χ3n) is 2.13. The van der Waals surface area contributed by atoms with Crippen molar-refractivity contribution in [3.8, 4) is 0 Å². The summed E-state index contributed by atoms with van der Waals surface area (Å²) < 4.78 is 78.0. The molecule has 19 heavy (non-hydrogen) atoms. The Kier molecular flexibility index (Phi) is 4.75. The first-order valence-corrected chi connectivity index (χ1v) is 5.06. The molecule has 0 aliphatic rings. The molecule has 1 aromatic rings. The fraction of sp³-hybridized carbons (Fsp3) is 0.500. The molecule has 0 saturated carbocycles. The van der Waals surface area contributed by atoms with Gasteiger partial charge in [0.2, 0.25) is 6.10 Å². The Morgan fingerprint density at radius 3 is 2.05 bits per heavy atom. The average molecular weight is 288 g/mol. The van der Waals surface area contributed by atoms with Crippen molar-refractivity contribution in [1.29, 1.82) is 0 Å². The van der Waals surface area contributed by atoms with Crippen molar-refractivity contribution in [2.75, 3.05) is 6.54 Å². The highest BCUT2D eigenvalue weighted by molar-refractivity contribution is 5.07. The molecule has 1 heterocycles. The highest BCUT2D eigenvalue weighted by Crippen LogP contribution is 2.38. The number of rotatable bonds is 4. The van der Waals surface area contributed by atoms with E-state index in [-0.39, 0.29) is 5.69 Å². The number of ether oxygens (including phenoxy) is 1. The van der Waals surface area contributed by atoms with Crippen LogP contribution in [0, 0.1) is 0 Å². The van der Waals surface area contributed by atoms with Crippen LogP contribution in [0.5, 0.6) is 0 Å². The Hall–Kier alpha value is -1.35. The fourth-order valence-corrected chi connectivity index (χ4v) is 1.32.